The number of amides is 1. The van der Waals surface area contributed by atoms with Gasteiger partial charge in [-0.05, 0) is 49.7 Å². The van der Waals surface area contributed by atoms with Gasteiger partial charge in [0.25, 0.3) is 5.91 Å². The summed E-state index contributed by atoms with van der Waals surface area (Å²) in [4.78, 5) is 16.4. The van der Waals surface area contributed by atoms with Gasteiger partial charge >= 0.3 is 0 Å². The van der Waals surface area contributed by atoms with Crippen molar-refractivity contribution < 1.29 is 4.79 Å². The average Bonchev–Trinajstić information content (AvgIpc) is 2.25. The van der Waals surface area contributed by atoms with Crippen LogP contribution in [0.1, 0.15) is 21.6 Å². The number of benzene rings is 1. The van der Waals surface area contributed by atoms with Crippen molar-refractivity contribution in [3.63, 3.8) is 0 Å². The van der Waals surface area contributed by atoms with Crippen molar-refractivity contribution in [3.05, 3.63) is 56.1 Å². The van der Waals surface area contributed by atoms with E-state index in [2.05, 4.69) is 42.2 Å². The predicted octanol–water partition coefficient (Wildman–Crippen LogP) is 4.48. The van der Waals surface area contributed by atoms with E-state index in [1.54, 1.807) is 12.1 Å². The first-order valence-electron chi connectivity index (χ1n) is 5.67. The van der Waals surface area contributed by atoms with E-state index in [1.165, 1.54) is 0 Å². The van der Waals surface area contributed by atoms with Gasteiger partial charge in [0, 0.05) is 20.2 Å². The predicted molar refractivity (Wildman–Crippen MR) is 83.5 cm³/mol. The maximum atomic E-state index is 12.1. The van der Waals surface area contributed by atoms with Crippen LogP contribution < -0.4 is 5.32 Å². The van der Waals surface area contributed by atoms with E-state index in [-0.39, 0.29) is 5.91 Å². The highest BCUT2D eigenvalue weighted by molar-refractivity contribution is 9.11. The summed E-state index contributed by atoms with van der Waals surface area (Å²) in [6, 6.07) is 9.22. The summed E-state index contributed by atoms with van der Waals surface area (Å²) in [6.45, 7) is 3.87. The number of nitrogens with zero attached hydrogens (tertiary/aromatic N) is 1. The highest BCUT2D eigenvalue weighted by atomic mass is 79.9. The van der Waals surface area contributed by atoms with Gasteiger partial charge in [0.05, 0.1) is 0 Å². The van der Waals surface area contributed by atoms with Crippen LogP contribution in [-0.2, 0) is 0 Å². The second kappa shape index (κ2) is 5.84. The molecule has 5 heteroatoms. The van der Waals surface area contributed by atoms with Crippen molar-refractivity contribution in [2.75, 3.05) is 5.32 Å². The lowest BCUT2D eigenvalue weighted by molar-refractivity contribution is 0.102. The molecule has 1 aromatic heterocycles. The first-order chi connectivity index (χ1) is 8.94. The fourth-order valence-corrected chi connectivity index (χ4v) is 3.07. The Kier molecular flexibility index (Phi) is 4.37. The van der Waals surface area contributed by atoms with E-state index >= 15 is 0 Å². The Hall–Kier alpha value is -1.20. The quantitative estimate of drug-likeness (QED) is 0.830. The topological polar surface area (TPSA) is 42.0 Å². The number of anilines is 1. The van der Waals surface area contributed by atoms with Crippen LogP contribution in [0.15, 0.2) is 39.3 Å². The first-order valence-corrected chi connectivity index (χ1v) is 7.25. The van der Waals surface area contributed by atoms with Gasteiger partial charge in [-0.15, -0.1) is 0 Å². The Labute approximate surface area is 128 Å². The third-order valence-electron chi connectivity index (χ3n) is 2.46. The molecule has 1 heterocycles. The van der Waals surface area contributed by atoms with Crippen LogP contribution in [0, 0.1) is 13.8 Å². The molecule has 0 atom stereocenters. The summed E-state index contributed by atoms with van der Waals surface area (Å²) in [6.07, 6.45) is 0. The van der Waals surface area contributed by atoms with Crippen LogP contribution in [0.4, 0.5) is 5.82 Å². The number of rotatable bonds is 2. The first kappa shape index (κ1) is 14.2. The van der Waals surface area contributed by atoms with Crippen molar-refractivity contribution in [1.29, 1.82) is 0 Å². The monoisotopic (exact) mass is 382 g/mol. The minimum atomic E-state index is -0.181. The summed E-state index contributed by atoms with van der Waals surface area (Å²) in [5, 5.41) is 2.80. The molecule has 0 unspecified atom stereocenters. The summed E-state index contributed by atoms with van der Waals surface area (Å²) < 4.78 is 1.70. The van der Waals surface area contributed by atoms with Crippen LogP contribution in [0.5, 0.6) is 0 Å². The van der Waals surface area contributed by atoms with Crippen LogP contribution in [0.25, 0.3) is 0 Å². The fourth-order valence-electron chi connectivity index (χ4n) is 1.78. The van der Waals surface area contributed by atoms with E-state index in [1.807, 2.05) is 32.0 Å². The number of aromatic nitrogens is 1. The third kappa shape index (κ3) is 3.88. The highest BCUT2D eigenvalue weighted by Gasteiger charge is 2.09. The Balaban J connectivity index is 2.25. The molecular formula is C14H12Br2N2O. The zero-order chi connectivity index (χ0) is 14.0. The van der Waals surface area contributed by atoms with Gasteiger partial charge in [-0.25, -0.2) is 4.98 Å². The number of pyridine rings is 1. The van der Waals surface area contributed by atoms with E-state index < -0.39 is 0 Å². The maximum absolute atomic E-state index is 12.1. The molecule has 0 saturated carbocycles. The molecule has 0 aliphatic carbocycles. The van der Waals surface area contributed by atoms with Crippen LogP contribution in [0.2, 0.25) is 0 Å². The zero-order valence-corrected chi connectivity index (χ0v) is 13.7. The molecule has 2 aromatic rings. The number of carbonyl (C=O) groups is 1. The zero-order valence-electron chi connectivity index (χ0n) is 10.5. The minimum Gasteiger partial charge on any atom is -0.307 e. The van der Waals surface area contributed by atoms with Gasteiger partial charge in [0.2, 0.25) is 0 Å². The average molecular weight is 384 g/mol. The van der Waals surface area contributed by atoms with E-state index in [0.29, 0.717) is 11.4 Å². The molecule has 0 bridgehead atoms. The Morgan fingerprint density at radius 1 is 1.05 bits per heavy atom. The smallest absolute Gasteiger partial charge is 0.256 e. The van der Waals surface area contributed by atoms with Crippen molar-refractivity contribution in [3.8, 4) is 0 Å². The highest BCUT2D eigenvalue weighted by Crippen LogP contribution is 2.21. The molecule has 0 saturated heterocycles. The molecular weight excluding hydrogens is 372 g/mol. The second-order valence-electron chi connectivity index (χ2n) is 4.28. The lowest BCUT2D eigenvalue weighted by atomic mass is 10.2. The summed E-state index contributed by atoms with van der Waals surface area (Å²) in [5.41, 5.74) is 2.52. The molecule has 98 valence electrons. The van der Waals surface area contributed by atoms with E-state index in [4.69, 9.17) is 0 Å². The van der Waals surface area contributed by atoms with Crippen molar-refractivity contribution >= 4 is 43.6 Å². The van der Waals surface area contributed by atoms with Gasteiger partial charge < -0.3 is 5.32 Å². The lowest BCUT2D eigenvalue weighted by Crippen LogP contribution is -2.13. The SMILES string of the molecule is Cc1cc(C)nc(NC(=O)c2cc(Br)cc(Br)c2)c1. The fraction of sp³-hybridized carbons (Fsp3) is 0.143. The second-order valence-corrected chi connectivity index (χ2v) is 6.11. The van der Waals surface area contributed by atoms with E-state index in [9.17, 15) is 4.79 Å². The molecule has 0 radical (unpaired) electrons. The van der Waals surface area contributed by atoms with Gasteiger partial charge in [-0.1, -0.05) is 31.9 Å². The maximum Gasteiger partial charge on any atom is 0.256 e. The molecule has 0 fully saturated rings. The molecule has 1 aromatic carbocycles. The van der Waals surface area contributed by atoms with Crippen LogP contribution in [0.3, 0.4) is 0 Å². The molecule has 0 aliphatic heterocycles. The molecule has 1 N–H and O–H groups in total. The largest absolute Gasteiger partial charge is 0.307 e. The van der Waals surface area contributed by atoms with Crippen LogP contribution >= 0.6 is 31.9 Å². The number of carbonyl (C=O) groups excluding carboxylic acids is 1. The molecule has 1 amide bonds. The number of hydrogen-bond acceptors (Lipinski definition) is 2. The lowest BCUT2D eigenvalue weighted by Gasteiger charge is -2.07. The van der Waals surface area contributed by atoms with E-state index in [0.717, 1.165) is 20.2 Å². The number of aryl methyl sites for hydroxylation is 2. The van der Waals surface area contributed by atoms with Crippen molar-refractivity contribution in [2.24, 2.45) is 0 Å². The molecule has 0 aliphatic rings. The van der Waals surface area contributed by atoms with Crippen molar-refractivity contribution in [2.45, 2.75) is 13.8 Å². The molecule has 19 heavy (non-hydrogen) atoms. The van der Waals surface area contributed by atoms with Crippen molar-refractivity contribution in [1.82, 2.24) is 4.98 Å². The number of nitrogens with one attached hydrogen (secondary N) is 1. The van der Waals surface area contributed by atoms with Gasteiger partial charge in [-0.2, -0.15) is 0 Å². The minimum absolute atomic E-state index is 0.181. The summed E-state index contributed by atoms with van der Waals surface area (Å²) >= 11 is 6.73. The Bertz CT molecular complexity index is 601. The van der Waals surface area contributed by atoms with Gasteiger partial charge in [0.15, 0.2) is 0 Å². The summed E-state index contributed by atoms with van der Waals surface area (Å²) in [7, 11) is 0. The standard InChI is InChI=1S/C14H12Br2N2O/c1-8-3-9(2)17-13(4-8)18-14(19)10-5-11(15)7-12(16)6-10/h3-7H,1-2H3,(H,17,18,19). The Morgan fingerprint density at radius 2 is 1.68 bits per heavy atom. The summed E-state index contributed by atoms with van der Waals surface area (Å²) in [5.74, 6) is 0.387. The van der Waals surface area contributed by atoms with Gasteiger partial charge in [-0.3, -0.25) is 4.79 Å². The van der Waals surface area contributed by atoms with Gasteiger partial charge in [0.1, 0.15) is 5.82 Å². The molecule has 2 rings (SSSR count). The molecule has 0 spiro atoms. The normalized spacial score (nSPS) is 10.3. The molecule has 3 nitrogen and oxygen atoms in total. The Morgan fingerprint density at radius 3 is 2.26 bits per heavy atom. The number of halogens is 2. The number of hydrogen-bond donors (Lipinski definition) is 1. The van der Waals surface area contributed by atoms with Crippen LogP contribution in [-0.4, -0.2) is 10.9 Å². The third-order valence-corrected chi connectivity index (χ3v) is 3.38.